The second-order valence-corrected chi connectivity index (χ2v) is 4.01. The smallest absolute Gasteiger partial charge is 0.414 e. The molecule has 1 unspecified atom stereocenters. The molecule has 0 saturated carbocycles. The minimum atomic E-state index is -0.302. The van der Waals surface area contributed by atoms with Crippen molar-refractivity contribution in [2.75, 3.05) is 22.5 Å². The fourth-order valence-electron chi connectivity index (χ4n) is 1.47. The third-order valence-corrected chi connectivity index (χ3v) is 2.97. The molecule has 0 aromatic heterocycles. The van der Waals surface area contributed by atoms with Crippen molar-refractivity contribution in [3.8, 4) is 0 Å². The van der Waals surface area contributed by atoms with Crippen molar-refractivity contribution in [2.24, 2.45) is 0 Å². The average Bonchev–Trinajstić information content (AvgIpc) is 2.61. The highest BCUT2D eigenvalue weighted by molar-refractivity contribution is 9.09. The highest BCUT2D eigenvalue weighted by Gasteiger charge is 2.31. The minimum absolute atomic E-state index is 0.0740. The number of nitrogens with zero attached hydrogens (tertiary/aromatic N) is 1. The number of ether oxygens (including phenoxy) is 1. The number of cyclic esters (lactones) is 1. The first-order chi connectivity index (χ1) is 7.20. The van der Waals surface area contributed by atoms with Crippen LogP contribution in [0.1, 0.15) is 0 Å². The number of nitrogen functional groups attached to an aromatic ring is 1. The zero-order chi connectivity index (χ0) is 10.8. The SMILES string of the molecule is Nc1ccc(N2CC(CBr)OC2=O)cc1. The number of carbonyl (C=O) groups is 1. The van der Waals surface area contributed by atoms with Crippen molar-refractivity contribution in [1.29, 1.82) is 0 Å². The molecule has 2 rings (SSSR count). The first-order valence-corrected chi connectivity index (χ1v) is 5.72. The zero-order valence-corrected chi connectivity index (χ0v) is 9.61. The Balaban J connectivity index is 2.18. The van der Waals surface area contributed by atoms with Crippen LogP contribution in [0.4, 0.5) is 16.2 Å². The molecule has 1 aliphatic heterocycles. The summed E-state index contributed by atoms with van der Waals surface area (Å²) in [5.41, 5.74) is 7.07. The number of anilines is 2. The van der Waals surface area contributed by atoms with E-state index in [2.05, 4.69) is 15.9 Å². The Kier molecular flexibility index (Phi) is 2.81. The van der Waals surface area contributed by atoms with Gasteiger partial charge in [-0.3, -0.25) is 4.90 Å². The van der Waals surface area contributed by atoms with Crippen LogP contribution in [0, 0.1) is 0 Å². The third kappa shape index (κ3) is 2.07. The summed E-state index contributed by atoms with van der Waals surface area (Å²) in [7, 11) is 0. The van der Waals surface area contributed by atoms with Crippen molar-refractivity contribution in [3.63, 3.8) is 0 Å². The first-order valence-electron chi connectivity index (χ1n) is 4.60. The lowest BCUT2D eigenvalue weighted by Crippen LogP contribution is -2.24. The van der Waals surface area contributed by atoms with Crippen LogP contribution in [-0.2, 0) is 4.74 Å². The van der Waals surface area contributed by atoms with E-state index in [1.165, 1.54) is 0 Å². The van der Waals surface area contributed by atoms with Crippen molar-refractivity contribution < 1.29 is 9.53 Å². The number of alkyl halides is 1. The summed E-state index contributed by atoms with van der Waals surface area (Å²) >= 11 is 3.29. The van der Waals surface area contributed by atoms with Crippen LogP contribution >= 0.6 is 15.9 Å². The van der Waals surface area contributed by atoms with Crippen LogP contribution in [0.3, 0.4) is 0 Å². The van der Waals surface area contributed by atoms with Gasteiger partial charge < -0.3 is 10.5 Å². The molecule has 0 aliphatic carbocycles. The summed E-state index contributed by atoms with van der Waals surface area (Å²) in [6.45, 7) is 0.577. The quantitative estimate of drug-likeness (QED) is 0.661. The lowest BCUT2D eigenvalue weighted by atomic mass is 10.2. The number of hydrogen-bond donors (Lipinski definition) is 1. The molecule has 0 bridgehead atoms. The average molecular weight is 271 g/mol. The monoisotopic (exact) mass is 270 g/mol. The van der Waals surface area contributed by atoms with E-state index in [1.807, 2.05) is 12.1 Å². The Morgan fingerprint density at radius 2 is 2.13 bits per heavy atom. The second kappa shape index (κ2) is 4.10. The van der Waals surface area contributed by atoms with Crippen LogP contribution in [-0.4, -0.2) is 24.1 Å². The molecule has 0 spiro atoms. The van der Waals surface area contributed by atoms with E-state index in [0.717, 1.165) is 5.69 Å². The van der Waals surface area contributed by atoms with Crippen molar-refractivity contribution >= 4 is 33.4 Å². The fourth-order valence-corrected chi connectivity index (χ4v) is 1.80. The van der Waals surface area contributed by atoms with Gasteiger partial charge in [-0.1, -0.05) is 15.9 Å². The molecule has 5 heteroatoms. The maximum atomic E-state index is 11.5. The number of hydrogen-bond acceptors (Lipinski definition) is 3. The Morgan fingerprint density at radius 3 is 2.67 bits per heavy atom. The van der Waals surface area contributed by atoms with E-state index in [4.69, 9.17) is 10.5 Å². The summed E-state index contributed by atoms with van der Waals surface area (Å²) in [5.74, 6) is 0. The van der Waals surface area contributed by atoms with Crippen molar-refractivity contribution in [2.45, 2.75) is 6.10 Å². The minimum Gasteiger partial charge on any atom is -0.443 e. The van der Waals surface area contributed by atoms with Crippen LogP contribution < -0.4 is 10.6 Å². The molecule has 1 aliphatic rings. The highest BCUT2D eigenvalue weighted by atomic mass is 79.9. The molecule has 1 aromatic rings. The van der Waals surface area contributed by atoms with Gasteiger partial charge in [-0.25, -0.2) is 4.79 Å². The molecular formula is C10H11BrN2O2. The normalized spacial score (nSPS) is 20.5. The third-order valence-electron chi connectivity index (χ3n) is 2.25. The number of rotatable bonds is 2. The lowest BCUT2D eigenvalue weighted by molar-refractivity contribution is 0.152. The molecule has 1 heterocycles. The van der Waals surface area contributed by atoms with Crippen molar-refractivity contribution in [1.82, 2.24) is 0 Å². The predicted molar refractivity (Wildman–Crippen MR) is 62.3 cm³/mol. The van der Waals surface area contributed by atoms with Gasteiger partial charge in [0.15, 0.2) is 0 Å². The molecule has 1 aromatic carbocycles. The van der Waals surface area contributed by atoms with Crippen LogP contribution in [0.25, 0.3) is 0 Å². The van der Waals surface area contributed by atoms with Crippen LogP contribution in [0.2, 0.25) is 0 Å². The van der Waals surface area contributed by atoms with Gasteiger partial charge in [-0.2, -0.15) is 0 Å². The van der Waals surface area contributed by atoms with E-state index in [0.29, 0.717) is 17.6 Å². The fraction of sp³-hybridized carbons (Fsp3) is 0.300. The van der Waals surface area contributed by atoms with E-state index in [9.17, 15) is 4.79 Å². The topological polar surface area (TPSA) is 55.6 Å². The number of carbonyl (C=O) groups excluding carboxylic acids is 1. The molecular weight excluding hydrogens is 260 g/mol. The van der Waals surface area contributed by atoms with Gasteiger partial charge in [0.25, 0.3) is 0 Å². The second-order valence-electron chi connectivity index (χ2n) is 3.36. The number of nitrogens with two attached hydrogens (primary N) is 1. The van der Waals surface area contributed by atoms with E-state index < -0.39 is 0 Å². The molecule has 80 valence electrons. The molecule has 1 atom stereocenters. The Labute approximate surface area is 96.1 Å². The van der Waals surface area contributed by atoms with Gasteiger partial charge in [0.2, 0.25) is 0 Å². The lowest BCUT2D eigenvalue weighted by Gasteiger charge is -2.12. The van der Waals surface area contributed by atoms with E-state index >= 15 is 0 Å². The Hall–Kier alpha value is -1.23. The highest BCUT2D eigenvalue weighted by Crippen LogP contribution is 2.23. The van der Waals surface area contributed by atoms with Gasteiger partial charge in [-0.05, 0) is 24.3 Å². The maximum Gasteiger partial charge on any atom is 0.414 e. The number of benzene rings is 1. The van der Waals surface area contributed by atoms with Gasteiger partial charge >= 0.3 is 6.09 Å². The van der Waals surface area contributed by atoms with Gasteiger partial charge in [0.05, 0.1) is 6.54 Å². The van der Waals surface area contributed by atoms with E-state index in [-0.39, 0.29) is 12.2 Å². The van der Waals surface area contributed by atoms with Gasteiger partial charge in [0, 0.05) is 16.7 Å². The summed E-state index contributed by atoms with van der Waals surface area (Å²) in [4.78, 5) is 13.1. The molecule has 1 fully saturated rings. The van der Waals surface area contributed by atoms with Crippen LogP contribution in [0.15, 0.2) is 24.3 Å². The van der Waals surface area contributed by atoms with E-state index in [1.54, 1.807) is 17.0 Å². The van der Waals surface area contributed by atoms with Crippen LogP contribution in [0.5, 0.6) is 0 Å². The zero-order valence-electron chi connectivity index (χ0n) is 8.02. The summed E-state index contributed by atoms with van der Waals surface area (Å²) in [6, 6.07) is 7.16. The first kappa shape index (κ1) is 10.3. The largest absolute Gasteiger partial charge is 0.443 e. The Bertz CT molecular complexity index is 366. The molecule has 1 amide bonds. The van der Waals surface area contributed by atoms with Gasteiger partial charge in [-0.15, -0.1) is 0 Å². The Morgan fingerprint density at radius 1 is 1.47 bits per heavy atom. The summed E-state index contributed by atoms with van der Waals surface area (Å²) in [6.07, 6.45) is -0.376. The van der Waals surface area contributed by atoms with Crippen molar-refractivity contribution in [3.05, 3.63) is 24.3 Å². The molecule has 2 N–H and O–H groups in total. The number of halogens is 1. The molecule has 15 heavy (non-hydrogen) atoms. The van der Waals surface area contributed by atoms with Gasteiger partial charge in [0.1, 0.15) is 6.10 Å². The maximum absolute atomic E-state index is 11.5. The molecule has 4 nitrogen and oxygen atoms in total. The molecule has 1 saturated heterocycles. The standard InChI is InChI=1S/C10H11BrN2O2/c11-5-9-6-13(10(14)15-9)8-3-1-7(12)2-4-8/h1-4,9H,5-6,12H2. The summed E-state index contributed by atoms with van der Waals surface area (Å²) < 4.78 is 5.12. The number of amides is 1. The summed E-state index contributed by atoms with van der Waals surface area (Å²) in [5, 5.41) is 0.657. The molecule has 0 radical (unpaired) electrons. The predicted octanol–water partition coefficient (Wildman–Crippen LogP) is 1.99.